The summed E-state index contributed by atoms with van der Waals surface area (Å²) >= 11 is 0. The minimum atomic E-state index is -4.82. The maximum atomic E-state index is 12.4. The molecular formula is C18H19F3N2O3S. The Labute approximate surface area is 155 Å². The lowest BCUT2D eigenvalue weighted by atomic mass is 10.2. The molecule has 0 unspecified atom stereocenters. The second-order valence-corrected chi connectivity index (χ2v) is 7.96. The summed E-state index contributed by atoms with van der Waals surface area (Å²) in [6.07, 6.45) is -3.00. The monoisotopic (exact) mass is 400 g/mol. The van der Waals surface area contributed by atoms with Crippen molar-refractivity contribution in [2.75, 3.05) is 18.0 Å². The molecule has 0 radical (unpaired) electrons. The quantitative estimate of drug-likeness (QED) is 0.806. The summed E-state index contributed by atoms with van der Waals surface area (Å²) in [6, 6.07) is 13.9. The first-order valence-electron chi connectivity index (χ1n) is 8.42. The Balaban J connectivity index is 1.64. The molecule has 146 valence electrons. The second kappa shape index (κ2) is 7.77. The molecule has 5 nitrogen and oxygen atoms in total. The molecule has 9 heteroatoms. The van der Waals surface area contributed by atoms with Crippen molar-refractivity contribution < 1.29 is 26.3 Å². The summed E-state index contributed by atoms with van der Waals surface area (Å²) in [5, 5.41) is 0. The number of anilines is 1. The minimum Gasteiger partial charge on any atom is -0.406 e. The van der Waals surface area contributed by atoms with Crippen LogP contribution < -0.4 is 14.4 Å². The average Bonchev–Trinajstić information content (AvgIpc) is 3.09. The highest BCUT2D eigenvalue weighted by atomic mass is 32.2. The molecule has 3 rings (SSSR count). The number of hydrogen-bond acceptors (Lipinski definition) is 4. The summed E-state index contributed by atoms with van der Waals surface area (Å²) in [6.45, 7) is 1.07. The van der Waals surface area contributed by atoms with Gasteiger partial charge in [-0.3, -0.25) is 0 Å². The van der Waals surface area contributed by atoms with Crippen LogP contribution in [-0.2, 0) is 10.0 Å². The zero-order chi connectivity index (χ0) is 19.5. The number of ether oxygens (including phenoxy) is 1. The molecular weight excluding hydrogens is 381 g/mol. The van der Waals surface area contributed by atoms with Crippen molar-refractivity contribution in [2.24, 2.45) is 0 Å². The summed E-state index contributed by atoms with van der Waals surface area (Å²) in [7, 11) is -3.83. The van der Waals surface area contributed by atoms with Crippen molar-refractivity contribution >= 4 is 15.7 Å². The van der Waals surface area contributed by atoms with Crippen LogP contribution in [0.1, 0.15) is 12.8 Å². The summed E-state index contributed by atoms with van der Waals surface area (Å²) in [5.74, 6) is -0.465. The number of para-hydroxylation sites is 1. The van der Waals surface area contributed by atoms with Crippen molar-refractivity contribution in [3.8, 4) is 5.75 Å². The minimum absolute atomic E-state index is 0.0232. The number of nitrogens with zero attached hydrogens (tertiary/aromatic N) is 1. The molecule has 0 aromatic heterocycles. The SMILES string of the molecule is O=S(=O)(NC[C@@H]1CCCN1c1ccccc1)c1ccc(OC(F)(F)F)cc1. The smallest absolute Gasteiger partial charge is 0.406 e. The van der Waals surface area contributed by atoms with Crippen LogP contribution in [0.2, 0.25) is 0 Å². The van der Waals surface area contributed by atoms with Crippen molar-refractivity contribution in [3.63, 3.8) is 0 Å². The van der Waals surface area contributed by atoms with Gasteiger partial charge in [0.15, 0.2) is 0 Å². The van der Waals surface area contributed by atoms with E-state index in [9.17, 15) is 21.6 Å². The van der Waals surface area contributed by atoms with Gasteiger partial charge >= 0.3 is 6.36 Å². The van der Waals surface area contributed by atoms with Crippen molar-refractivity contribution in [1.82, 2.24) is 4.72 Å². The highest BCUT2D eigenvalue weighted by Gasteiger charge is 2.31. The molecule has 2 aromatic rings. The Morgan fingerprint density at radius 1 is 1.07 bits per heavy atom. The van der Waals surface area contributed by atoms with Crippen LogP contribution in [0.5, 0.6) is 5.75 Å². The normalized spacial score (nSPS) is 17.9. The van der Waals surface area contributed by atoms with E-state index >= 15 is 0 Å². The molecule has 1 aliphatic rings. The van der Waals surface area contributed by atoms with Crippen molar-refractivity contribution in [2.45, 2.75) is 30.1 Å². The number of halogens is 3. The number of benzene rings is 2. The fraction of sp³-hybridized carbons (Fsp3) is 0.333. The molecule has 0 aliphatic carbocycles. The zero-order valence-corrected chi connectivity index (χ0v) is 15.1. The van der Waals surface area contributed by atoms with E-state index in [0.29, 0.717) is 0 Å². The van der Waals surface area contributed by atoms with Gasteiger partial charge in [-0.25, -0.2) is 13.1 Å². The lowest BCUT2D eigenvalue weighted by Gasteiger charge is -2.27. The maximum absolute atomic E-state index is 12.4. The van der Waals surface area contributed by atoms with Gasteiger partial charge in [-0.15, -0.1) is 13.2 Å². The molecule has 0 amide bonds. The highest BCUT2D eigenvalue weighted by molar-refractivity contribution is 7.89. The molecule has 1 aliphatic heterocycles. The lowest BCUT2D eigenvalue weighted by Crippen LogP contribution is -2.40. The Bertz CT molecular complexity index is 856. The number of sulfonamides is 1. The number of rotatable bonds is 6. The van der Waals surface area contributed by atoms with Gasteiger partial charge in [0, 0.05) is 24.8 Å². The molecule has 1 atom stereocenters. The molecule has 27 heavy (non-hydrogen) atoms. The largest absolute Gasteiger partial charge is 0.573 e. The Morgan fingerprint density at radius 3 is 2.37 bits per heavy atom. The molecule has 0 spiro atoms. The average molecular weight is 400 g/mol. The topological polar surface area (TPSA) is 58.6 Å². The van der Waals surface area contributed by atoms with Gasteiger partial charge in [-0.05, 0) is 49.2 Å². The predicted octanol–water partition coefficient (Wildman–Crippen LogP) is 3.53. The van der Waals surface area contributed by atoms with Gasteiger partial charge in [0.2, 0.25) is 10.0 Å². The lowest BCUT2D eigenvalue weighted by molar-refractivity contribution is -0.274. The van der Waals surface area contributed by atoms with Crippen LogP contribution in [0.4, 0.5) is 18.9 Å². The molecule has 0 saturated carbocycles. The van der Waals surface area contributed by atoms with Gasteiger partial charge in [0.25, 0.3) is 0 Å². The zero-order valence-electron chi connectivity index (χ0n) is 14.3. The van der Waals surface area contributed by atoms with Gasteiger partial charge < -0.3 is 9.64 Å². The fourth-order valence-corrected chi connectivity index (χ4v) is 4.19. The summed E-state index contributed by atoms with van der Waals surface area (Å²) < 4.78 is 67.7. The Hall–Kier alpha value is -2.26. The first-order chi connectivity index (χ1) is 12.7. The van der Waals surface area contributed by atoms with E-state index in [4.69, 9.17) is 0 Å². The van der Waals surface area contributed by atoms with Gasteiger partial charge in [-0.1, -0.05) is 18.2 Å². The third kappa shape index (κ3) is 5.14. The number of alkyl halides is 3. The standard InChI is InChI=1S/C18H19F3N2O3S/c19-18(20,21)26-16-8-10-17(11-9-16)27(24,25)22-13-15-7-4-12-23(15)14-5-2-1-3-6-14/h1-3,5-6,8-11,15,22H,4,7,12-13H2/t15-/m0/s1. The van der Waals surface area contributed by atoms with E-state index < -0.39 is 22.1 Å². The summed E-state index contributed by atoms with van der Waals surface area (Å²) in [4.78, 5) is 2.05. The molecule has 0 bridgehead atoms. The van der Waals surface area contributed by atoms with Crippen molar-refractivity contribution in [1.29, 1.82) is 0 Å². The van der Waals surface area contributed by atoms with E-state index in [-0.39, 0.29) is 17.5 Å². The predicted molar refractivity (Wildman–Crippen MR) is 95.1 cm³/mol. The third-order valence-corrected chi connectivity index (χ3v) is 5.78. The van der Waals surface area contributed by atoms with E-state index in [1.807, 2.05) is 30.3 Å². The van der Waals surface area contributed by atoms with Crippen LogP contribution in [0, 0.1) is 0 Å². The van der Waals surface area contributed by atoms with E-state index in [2.05, 4.69) is 14.4 Å². The van der Waals surface area contributed by atoms with Crippen LogP contribution in [0.3, 0.4) is 0 Å². The first-order valence-corrected chi connectivity index (χ1v) is 9.90. The third-order valence-electron chi connectivity index (χ3n) is 4.34. The number of nitrogens with one attached hydrogen (secondary N) is 1. The molecule has 1 N–H and O–H groups in total. The van der Waals surface area contributed by atoms with E-state index in [0.717, 1.165) is 49.3 Å². The van der Waals surface area contributed by atoms with Crippen molar-refractivity contribution in [3.05, 3.63) is 54.6 Å². The van der Waals surface area contributed by atoms with Crippen LogP contribution in [-0.4, -0.2) is 33.9 Å². The van der Waals surface area contributed by atoms with E-state index in [1.54, 1.807) is 0 Å². The Morgan fingerprint density at radius 2 is 1.74 bits per heavy atom. The first kappa shape index (κ1) is 19.5. The van der Waals surface area contributed by atoms with Gasteiger partial charge in [0.05, 0.1) is 4.90 Å². The van der Waals surface area contributed by atoms with Crippen LogP contribution in [0.15, 0.2) is 59.5 Å². The number of hydrogen-bond donors (Lipinski definition) is 1. The molecule has 1 saturated heterocycles. The molecule has 2 aromatic carbocycles. The maximum Gasteiger partial charge on any atom is 0.573 e. The molecule has 1 heterocycles. The second-order valence-electron chi connectivity index (χ2n) is 6.20. The Kier molecular flexibility index (Phi) is 5.61. The molecule has 1 fully saturated rings. The van der Waals surface area contributed by atoms with Crippen LogP contribution in [0.25, 0.3) is 0 Å². The van der Waals surface area contributed by atoms with Gasteiger partial charge in [-0.2, -0.15) is 0 Å². The van der Waals surface area contributed by atoms with Gasteiger partial charge in [0.1, 0.15) is 5.75 Å². The highest BCUT2D eigenvalue weighted by Crippen LogP contribution is 2.26. The van der Waals surface area contributed by atoms with E-state index in [1.165, 1.54) is 0 Å². The fourth-order valence-electron chi connectivity index (χ4n) is 3.12. The van der Waals surface area contributed by atoms with Crippen LogP contribution >= 0.6 is 0 Å². The summed E-state index contributed by atoms with van der Waals surface area (Å²) in [5.41, 5.74) is 1.04.